The molecule has 2 N–H and O–H groups in total. The first-order valence-corrected chi connectivity index (χ1v) is 16.6. The molecule has 13 heteroatoms. The minimum atomic E-state index is -1.26. The highest BCUT2D eigenvalue weighted by molar-refractivity contribution is 9.09. The number of ether oxygens (including phenoxy) is 3. The minimum absolute atomic E-state index is 0.122. The van der Waals surface area contributed by atoms with Crippen LogP contribution in [-0.2, 0) is 33.4 Å². The van der Waals surface area contributed by atoms with Gasteiger partial charge in [-0.15, -0.1) is 13.2 Å². The number of amides is 3. The molecular formula is C31H47BrN4O8. The fourth-order valence-electron chi connectivity index (χ4n) is 7.03. The quantitative estimate of drug-likeness (QED) is 0.138. The second-order valence-electron chi connectivity index (χ2n) is 12.1. The molecule has 4 aliphatic heterocycles. The van der Waals surface area contributed by atoms with Crippen molar-refractivity contribution in [2.24, 2.45) is 11.8 Å². The van der Waals surface area contributed by atoms with Crippen molar-refractivity contribution in [1.82, 2.24) is 20.0 Å². The molecule has 8 atom stereocenters. The predicted octanol–water partition coefficient (Wildman–Crippen LogP) is 0.866. The maximum Gasteiger partial charge on any atom is 0.312 e. The Kier molecular flexibility index (Phi) is 12.0. The van der Waals surface area contributed by atoms with Crippen LogP contribution in [0.2, 0.25) is 0 Å². The predicted molar refractivity (Wildman–Crippen MR) is 166 cm³/mol. The van der Waals surface area contributed by atoms with Crippen LogP contribution >= 0.6 is 15.9 Å². The summed E-state index contributed by atoms with van der Waals surface area (Å²) in [4.78, 5) is 59.7. The number of hydrogen-bond acceptors (Lipinski definition) is 9. The summed E-state index contributed by atoms with van der Waals surface area (Å²) < 4.78 is 17.8. The standard InChI is InChI=1S/C31H47BrN4O8/c1-5-8-9-23(38)33-18-20(4)43-30(41)24-25-28(39)36(21(7-3)19-37)27(31(25)17-22(32)26(24)44-31)29(40)35(10-6-2)12-11-34-13-15-42-16-14-34/h5-6,20-22,24-27,37H,1-2,7-19H2,3-4H3,(H,33,38)/t20-,21+,22?,24+,25-,26+,27+,31-/m1/s1. The first-order valence-electron chi connectivity index (χ1n) is 15.7. The molecule has 1 unspecified atom stereocenters. The molecule has 4 rings (SSSR count). The van der Waals surface area contributed by atoms with Crippen LogP contribution < -0.4 is 5.32 Å². The van der Waals surface area contributed by atoms with Crippen molar-refractivity contribution in [3.05, 3.63) is 25.3 Å². The van der Waals surface area contributed by atoms with E-state index in [1.165, 1.54) is 4.90 Å². The summed E-state index contributed by atoms with van der Waals surface area (Å²) in [6, 6.07) is -1.65. The van der Waals surface area contributed by atoms with E-state index in [9.17, 15) is 24.3 Å². The van der Waals surface area contributed by atoms with Crippen molar-refractivity contribution in [2.75, 3.05) is 59.1 Å². The summed E-state index contributed by atoms with van der Waals surface area (Å²) >= 11 is 3.68. The first kappa shape index (κ1) is 34.6. The lowest BCUT2D eigenvalue weighted by molar-refractivity contribution is -0.160. The van der Waals surface area contributed by atoms with Gasteiger partial charge in [0.15, 0.2) is 0 Å². The van der Waals surface area contributed by atoms with E-state index in [0.29, 0.717) is 45.6 Å². The van der Waals surface area contributed by atoms with Crippen molar-refractivity contribution in [2.45, 2.75) is 74.3 Å². The van der Waals surface area contributed by atoms with Gasteiger partial charge >= 0.3 is 5.97 Å². The lowest BCUT2D eigenvalue weighted by Crippen LogP contribution is -2.59. The SMILES string of the molecule is C=CCCC(=O)NC[C@@H](C)OC(=O)[C@@H]1[C@H]2O[C@@]3(CC2Br)[C@H](C(=O)N(CC=C)CCN2CCOCC2)N([C@@H](CC)CO)C(=O)[C@@H]13. The third-order valence-corrected chi connectivity index (χ3v) is 10.1. The van der Waals surface area contributed by atoms with E-state index in [0.717, 1.165) is 13.1 Å². The van der Waals surface area contributed by atoms with Crippen molar-refractivity contribution < 1.29 is 38.5 Å². The number of hydrogen-bond donors (Lipinski definition) is 2. The Balaban J connectivity index is 1.58. The molecule has 44 heavy (non-hydrogen) atoms. The van der Waals surface area contributed by atoms with E-state index in [-0.39, 0.29) is 48.7 Å². The van der Waals surface area contributed by atoms with Gasteiger partial charge in [-0.05, 0) is 26.2 Å². The number of aliphatic hydroxyl groups is 1. The van der Waals surface area contributed by atoms with E-state index in [2.05, 4.69) is 39.3 Å². The molecule has 1 spiro atoms. The van der Waals surface area contributed by atoms with Crippen molar-refractivity contribution in [3.8, 4) is 0 Å². The van der Waals surface area contributed by atoms with Gasteiger partial charge in [0.05, 0.1) is 50.3 Å². The number of alkyl halides is 1. The number of allylic oxidation sites excluding steroid dienone is 1. The number of aliphatic hydroxyl groups excluding tert-OH is 1. The number of carbonyl (C=O) groups excluding carboxylic acids is 4. The number of rotatable bonds is 16. The lowest BCUT2D eigenvalue weighted by atomic mass is 9.70. The number of esters is 1. The van der Waals surface area contributed by atoms with Crippen LogP contribution in [0.4, 0.5) is 0 Å². The maximum absolute atomic E-state index is 14.5. The van der Waals surface area contributed by atoms with Crippen molar-refractivity contribution >= 4 is 39.6 Å². The topological polar surface area (TPSA) is 138 Å². The second kappa shape index (κ2) is 15.3. The molecule has 3 amide bonds. The van der Waals surface area contributed by atoms with Gasteiger partial charge in [0.2, 0.25) is 17.7 Å². The maximum atomic E-state index is 14.5. The van der Waals surface area contributed by atoms with Gasteiger partial charge in [0, 0.05) is 44.0 Å². The molecule has 0 aromatic heterocycles. The molecular weight excluding hydrogens is 636 g/mol. The average molecular weight is 684 g/mol. The van der Waals surface area contributed by atoms with E-state index >= 15 is 0 Å². The number of likely N-dealkylation sites (tertiary alicyclic amines) is 1. The van der Waals surface area contributed by atoms with Crippen LogP contribution in [0.25, 0.3) is 0 Å². The number of carbonyl (C=O) groups is 4. The van der Waals surface area contributed by atoms with Gasteiger partial charge in [-0.1, -0.05) is 35.0 Å². The summed E-state index contributed by atoms with van der Waals surface area (Å²) in [6.45, 7) is 14.9. The third-order valence-electron chi connectivity index (χ3n) is 9.24. The van der Waals surface area contributed by atoms with Gasteiger partial charge in [-0.2, -0.15) is 0 Å². The van der Waals surface area contributed by atoms with Gasteiger partial charge < -0.3 is 34.4 Å². The Labute approximate surface area is 268 Å². The lowest BCUT2D eigenvalue weighted by Gasteiger charge is -2.39. The first-order chi connectivity index (χ1) is 21.1. The molecule has 0 aromatic rings. The fourth-order valence-corrected chi connectivity index (χ4v) is 7.97. The molecule has 4 heterocycles. The number of morpholine rings is 1. The van der Waals surface area contributed by atoms with E-state index in [4.69, 9.17) is 14.2 Å². The fraction of sp³-hybridized carbons (Fsp3) is 0.742. The smallest absolute Gasteiger partial charge is 0.312 e. The van der Waals surface area contributed by atoms with Crippen molar-refractivity contribution in [3.63, 3.8) is 0 Å². The summed E-state index contributed by atoms with van der Waals surface area (Å²) in [5, 5.41) is 13.1. The number of fused-ring (bicyclic) bond motifs is 1. The Morgan fingerprint density at radius 1 is 1.27 bits per heavy atom. The molecule has 0 aromatic carbocycles. The Bertz CT molecular complexity index is 1080. The summed E-state index contributed by atoms with van der Waals surface area (Å²) in [6.07, 6.45) is 3.61. The second-order valence-corrected chi connectivity index (χ2v) is 13.2. The van der Waals surface area contributed by atoms with Crippen molar-refractivity contribution in [1.29, 1.82) is 0 Å². The third kappa shape index (κ3) is 6.91. The molecule has 246 valence electrons. The summed E-state index contributed by atoms with van der Waals surface area (Å²) in [7, 11) is 0. The van der Waals surface area contributed by atoms with Gasteiger partial charge in [-0.3, -0.25) is 24.1 Å². The van der Waals surface area contributed by atoms with Crippen LogP contribution in [-0.4, -0.2) is 137 Å². The number of halogens is 1. The average Bonchev–Trinajstić information content (AvgIpc) is 3.61. The zero-order chi connectivity index (χ0) is 32.0. The molecule has 0 aliphatic carbocycles. The Morgan fingerprint density at radius 3 is 2.64 bits per heavy atom. The van der Waals surface area contributed by atoms with Crippen LogP contribution in [0.5, 0.6) is 0 Å². The van der Waals surface area contributed by atoms with Gasteiger partial charge in [0.1, 0.15) is 17.7 Å². The zero-order valence-corrected chi connectivity index (χ0v) is 27.4. The number of nitrogens with one attached hydrogen (secondary N) is 1. The summed E-state index contributed by atoms with van der Waals surface area (Å²) in [5.41, 5.74) is -1.26. The van der Waals surface area contributed by atoms with Crippen LogP contribution in [0, 0.1) is 11.8 Å². The molecule has 0 saturated carbocycles. The molecule has 2 bridgehead atoms. The minimum Gasteiger partial charge on any atom is -0.460 e. The van der Waals surface area contributed by atoms with E-state index < -0.39 is 47.7 Å². The van der Waals surface area contributed by atoms with Gasteiger partial charge in [0.25, 0.3) is 0 Å². The highest BCUT2D eigenvalue weighted by atomic mass is 79.9. The monoisotopic (exact) mass is 682 g/mol. The Hall–Kier alpha value is -2.32. The number of nitrogens with zero attached hydrogens (tertiary/aromatic N) is 3. The van der Waals surface area contributed by atoms with Crippen LogP contribution in [0.15, 0.2) is 25.3 Å². The molecule has 4 fully saturated rings. The largest absolute Gasteiger partial charge is 0.460 e. The van der Waals surface area contributed by atoms with Crippen LogP contribution in [0.3, 0.4) is 0 Å². The van der Waals surface area contributed by atoms with E-state index in [1.807, 2.05) is 6.92 Å². The Morgan fingerprint density at radius 2 is 2.00 bits per heavy atom. The van der Waals surface area contributed by atoms with Crippen LogP contribution in [0.1, 0.15) is 39.5 Å². The highest BCUT2D eigenvalue weighted by Gasteiger charge is 2.77. The molecule has 4 saturated heterocycles. The zero-order valence-electron chi connectivity index (χ0n) is 25.8. The molecule has 4 aliphatic rings. The van der Waals surface area contributed by atoms with E-state index in [1.54, 1.807) is 24.0 Å². The molecule has 12 nitrogen and oxygen atoms in total. The summed E-state index contributed by atoms with van der Waals surface area (Å²) in [5.74, 6) is -3.34. The highest BCUT2D eigenvalue weighted by Crippen LogP contribution is 2.60. The normalized spacial score (nSPS) is 30.9. The van der Waals surface area contributed by atoms with Gasteiger partial charge in [-0.25, -0.2) is 0 Å². The molecule has 0 radical (unpaired) electrons.